The van der Waals surface area contributed by atoms with Crippen LogP contribution in [0.15, 0.2) is 47.3 Å². The minimum atomic E-state index is -0.383. The van der Waals surface area contributed by atoms with Crippen molar-refractivity contribution in [1.29, 1.82) is 0 Å². The maximum atomic E-state index is 14.0. The second-order valence-electron chi connectivity index (χ2n) is 6.18. The van der Waals surface area contributed by atoms with E-state index in [4.69, 9.17) is 4.74 Å². The summed E-state index contributed by atoms with van der Waals surface area (Å²) in [7, 11) is 1.44. The minimum absolute atomic E-state index is 0.123. The van der Waals surface area contributed by atoms with E-state index in [2.05, 4.69) is 14.9 Å². The summed E-state index contributed by atoms with van der Waals surface area (Å²) in [6.07, 6.45) is 0. The molecular weight excluding hydrogens is 333 g/mol. The molecule has 2 aromatic carbocycles. The molecule has 0 spiro atoms. The number of ether oxygens (including phenoxy) is 1. The topological polar surface area (TPSA) is 58.2 Å². The third-order valence-corrected chi connectivity index (χ3v) is 4.58. The van der Waals surface area contributed by atoms with Gasteiger partial charge in [0.15, 0.2) is 11.6 Å². The first-order chi connectivity index (χ1) is 12.5. The van der Waals surface area contributed by atoms with Gasteiger partial charge in [-0.2, -0.15) is 0 Å². The third kappa shape index (κ3) is 3.60. The Kier molecular flexibility index (Phi) is 5.32. The fourth-order valence-corrected chi connectivity index (χ4v) is 3.04. The molecule has 6 heteroatoms. The highest BCUT2D eigenvalue weighted by Gasteiger charge is 2.18. The standard InChI is InChI=1S/C20H22FN3O2/c1-4-24(12-14-9-10-18(26-3)16(21)11-14)13(2)19-22-17-8-6-5-7-15(17)20(25)23-19/h5-11,13H,4,12H2,1-3H3,(H,22,23,25)/t13-/m1/s1. The van der Waals surface area contributed by atoms with Gasteiger partial charge in [0.2, 0.25) is 0 Å². The summed E-state index contributed by atoms with van der Waals surface area (Å²) in [5.41, 5.74) is 1.36. The Morgan fingerprint density at radius 3 is 2.73 bits per heavy atom. The molecule has 0 aliphatic heterocycles. The maximum Gasteiger partial charge on any atom is 0.258 e. The van der Waals surface area contributed by atoms with E-state index in [-0.39, 0.29) is 23.2 Å². The van der Waals surface area contributed by atoms with Crippen LogP contribution in [0.5, 0.6) is 5.75 Å². The number of methoxy groups -OCH3 is 1. The van der Waals surface area contributed by atoms with E-state index < -0.39 is 0 Å². The lowest BCUT2D eigenvalue weighted by molar-refractivity contribution is 0.205. The smallest absolute Gasteiger partial charge is 0.258 e. The molecule has 0 saturated carbocycles. The first-order valence-corrected chi connectivity index (χ1v) is 8.59. The summed E-state index contributed by atoms with van der Waals surface area (Å²) in [5, 5.41) is 0.573. The van der Waals surface area contributed by atoms with Crippen LogP contribution in [0.1, 0.15) is 31.3 Å². The molecule has 3 rings (SSSR count). The van der Waals surface area contributed by atoms with E-state index in [9.17, 15) is 9.18 Å². The molecule has 0 unspecified atom stereocenters. The zero-order chi connectivity index (χ0) is 18.7. The molecule has 0 fully saturated rings. The van der Waals surface area contributed by atoms with Crippen LogP contribution in [0.2, 0.25) is 0 Å². The number of aromatic nitrogens is 2. The van der Waals surface area contributed by atoms with Gasteiger partial charge in [0.25, 0.3) is 5.56 Å². The fourth-order valence-electron chi connectivity index (χ4n) is 3.04. The van der Waals surface area contributed by atoms with E-state index >= 15 is 0 Å². The Hall–Kier alpha value is -2.73. The van der Waals surface area contributed by atoms with Crippen molar-refractivity contribution >= 4 is 10.9 Å². The summed E-state index contributed by atoms with van der Waals surface area (Å²) >= 11 is 0. The largest absolute Gasteiger partial charge is 0.494 e. The number of hydrogen-bond donors (Lipinski definition) is 1. The molecule has 0 bridgehead atoms. The van der Waals surface area contributed by atoms with Crippen LogP contribution in [0.4, 0.5) is 4.39 Å². The van der Waals surface area contributed by atoms with Gasteiger partial charge in [0, 0.05) is 6.54 Å². The molecule has 5 nitrogen and oxygen atoms in total. The number of benzene rings is 2. The number of H-pyrrole nitrogens is 1. The molecule has 1 N–H and O–H groups in total. The molecule has 1 aromatic heterocycles. The van der Waals surface area contributed by atoms with E-state index in [1.54, 1.807) is 12.1 Å². The van der Waals surface area contributed by atoms with Gasteiger partial charge in [-0.1, -0.05) is 25.1 Å². The van der Waals surface area contributed by atoms with Gasteiger partial charge >= 0.3 is 0 Å². The Morgan fingerprint density at radius 1 is 1.27 bits per heavy atom. The highest BCUT2D eigenvalue weighted by Crippen LogP contribution is 2.23. The first kappa shape index (κ1) is 18.1. The summed E-state index contributed by atoms with van der Waals surface area (Å²) in [4.78, 5) is 21.9. The molecule has 0 saturated heterocycles. The lowest BCUT2D eigenvalue weighted by Crippen LogP contribution is -2.29. The van der Waals surface area contributed by atoms with Gasteiger partial charge in [-0.25, -0.2) is 9.37 Å². The number of nitrogens with one attached hydrogen (secondary N) is 1. The normalized spacial score (nSPS) is 12.5. The summed E-state index contributed by atoms with van der Waals surface area (Å²) in [5.74, 6) is 0.445. The molecule has 1 heterocycles. The molecule has 0 radical (unpaired) electrons. The Morgan fingerprint density at radius 2 is 2.04 bits per heavy atom. The number of rotatable bonds is 6. The quantitative estimate of drug-likeness (QED) is 0.733. The van der Waals surface area contributed by atoms with Crippen molar-refractivity contribution in [3.8, 4) is 5.75 Å². The van der Waals surface area contributed by atoms with Crippen molar-refractivity contribution in [2.75, 3.05) is 13.7 Å². The maximum absolute atomic E-state index is 14.0. The van der Waals surface area contributed by atoms with Crippen molar-refractivity contribution in [1.82, 2.24) is 14.9 Å². The zero-order valence-corrected chi connectivity index (χ0v) is 15.1. The Bertz CT molecular complexity index is 971. The van der Waals surface area contributed by atoms with Gasteiger partial charge in [-0.3, -0.25) is 9.69 Å². The molecule has 1 atom stereocenters. The second kappa shape index (κ2) is 7.66. The molecule has 26 heavy (non-hydrogen) atoms. The van der Waals surface area contributed by atoms with Crippen molar-refractivity contribution in [3.05, 3.63) is 70.0 Å². The summed E-state index contributed by atoms with van der Waals surface area (Å²) in [6.45, 7) is 5.27. The van der Waals surface area contributed by atoms with E-state index in [1.807, 2.05) is 38.1 Å². The molecule has 0 amide bonds. The second-order valence-corrected chi connectivity index (χ2v) is 6.18. The van der Waals surface area contributed by atoms with Gasteiger partial charge < -0.3 is 9.72 Å². The van der Waals surface area contributed by atoms with Gasteiger partial charge in [0.1, 0.15) is 5.82 Å². The SMILES string of the molecule is CCN(Cc1ccc(OC)c(F)c1)[C@H](C)c1nc2ccccc2c(=O)[nH]1. The molecule has 0 aliphatic carbocycles. The number of halogens is 1. The fraction of sp³-hybridized carbons (Fsp3) is 0.300. The predicted molar refractivity (Wildman–Crippen MR) is 99.8 cm³/mol. The van der Waals surface area contributed by atoms with Crippen LogP contribution < -0.4 is 10.3 Å². The van der Waals surface area contributed by atoms with Gasteiger partial charge in [-0.15, -0.1) is 0 Å². The lowest BCUT2D eigenvalue weighted by atomic mass is 10.1. The molecule has 0 aliphatic rings. The van der Waals surface area contributed by atoms with Crippen LogP contribution in [-0.4, -0.2) is 28.5 Å². The van der Waals surface area contributed by atoms with E-state index in [0.717, 1.165) is 12.1 Å². The number of hydrogen-bond acceptors (Lipinski definition) is 4. The molecule has 136 valence electrons. The number of aromatic amines is 1. The lowest BCUT2D eigenvalue weighted by Gasteiger charge is -2.27. The van der Waals surface area contributed by atoms with Gasteiger partial charge in [0.05, 0.1) is 24.1 Å². The van der Waals surface area contributed by atoms with Crippen LogP contribution >= 0.6 is 0 Å². The summed E-state index contributed by atoms with van der Waals surface area (Å²) in [6, 6.07) is 12.1. The van der Waals surface area contributed by atoms with E-state index in [1.165, 1.54) is 13.2 Å². The Balaban J connectivity index is 1.88. The summed E-state index contributed by atoms with van der Waals surface area (Å²) < 4.78 is 18.9. The monoisotopic (exact) mass is 355 g/mol. The van der Waals surface area contributed by atoms with Crippen LogP contribution in [0.3, 0.4) is 0 Å². The molecule has 3 aromatic rings. The highest BCUT2D eigenvalue weighted by atomic mass is 19.1. The Labute approximate surface area is 151 Å². The zero-order valence-electron chi connectivity index (χ0n) is 15.1. The average molecular weight is 355 g/mol. The predicted octanol–water partition coefficient (Wildman–Crippen LogP) is 3.65. The third-order valence-electron chi connectivity index (χ3n) is 4.58. The number of para-hydroxylation sites is 1. The van der Waals surface area contributed by atoms with Crippen molar-refractivity contribution < 1.29 is 9.13 Å². The number of fused-ring (bicyclic) bond motifs is 1. The van der Waals surface area contributed by atoms with Crippen LogP contribution in [0, 0.1) is 5.82 Å². The number of nitrogens with zero attached hydrogens (tertiary/aromatic N) is 2. The van der Waals surface area contributed by atoms with Gasteiger partial charge in [-0.05, 0) is 43.3 Å². The average Bonchev–Trinajstić information content (AvgIpc) is 2.65. The van der Waals surface area contributed by atoms with Crippen molar-refractivity contribution in [2.45, 2.75) is 26.4 Å². The minimum Gasteiger partial charge on any atom is -0.494 e. The van der Waals surface area contributed by atoms with Crippen molar-refractivity contribution in [3.63, 3.8) is 0 Å². The first-order valence-electron chi connectivity index (χ1n) is 8.59. The van der Waals surface area contributed by atoms with Crippen molar-refractivity contribution in [2.24, 2.45) is 0 Å². The van der Waals surface area contributed by atoms with Crippen LogP contribution in [-0.2, 0) is 6.54 Å². The molecular formula is C20H22FN3O2. The van der Waals surface area contributed by atoms with E-state index in [0.29, 0.717) is 23.3 Å². The van der Waals surface area contributed by atoms with Crippen LogP contribution in [0.25, 0.3) is 10.9 Å². The highest BCUT2D eigenvalue weighted by molar-refractivity contribution is 5.77.